The van der Waals surface area contributed by atoms with Crippen molar-refractivity contribution in [2.24, 2.45) is 23.7 Å². The number of alkyl halides is 2. The molecular weight excluding hydrogens is 422 g/mol. The average molecular weight is 446 g/mol. The first kappa shape index (κ1) is 13.9. The highest BCUT2D eigenvalue weighted by Crippen LogP contribution is 2.44. The molecule has 2 saturated carbocycles. The Balaban J connectivity index is 1.88. The molecule has 0 aromatic rings. The lowest BCUT2D eigenvalue weighted by molar-refractivity contribution is 0.136. The van der Waals surface area contributed by atoms with Gasteiger partial charge in [0.1, 0.15) is 0 Å². The van der Waals surface area contributed by atoms with E-state index >= 15 is 0 Å². The van der Waals surface area contributed by atoms with Crippen LogP contribution < -0.4 is 0 Å². The second-order valence-electron chi connectivity index (χ2n) is 6.13. The van der Waals surface area contributed by atoms with Gasteiger partial charge >= 0.3 is 0 Å². The summed E-state index contributed by atoms with van der Waals surface area (Å²) in [6.07, 6.45) is 9.01. The lowest BCUT2D eigenvalue weighted by Crippen LogP contribution is -2.33. The Morgan fingerprint density at radius 2 is 1.31 bits per heavy atom. The van der Waals surface area contributed by atoms with Crippen LogP contribution in [0.25, 0.3) is 0 Å². The monoisotopic (exact) mass is 446 g/mol. The Bertz CT molecular complexity index is 205. The zero-order valence-electron chi connectivity index (χ0n) is 10.5. The van der Waals surface area contributed by atoms with Gasteiger partial charge < -0.3 is 0 Å². The second kappa shape index (κ2) is 6.07. The average Bonchev–Trinajstić information content (AvgIpc) is 2.26. The van der Waals surface area contributed by atoms with Crippen LogP contribution in [0, 0.1) is 23.7 Å². The van der Waals surface area contributed by atoms with Gasteiger partial charge in [-0.1, -0.05) is 65.5 Å². The van der Waals surface area contributed by atoms with Gasteiger partial charge in [-0.15, -0.1) is 0 Å². The number of rotatable bonds is 1. The fourth-order valence-electron chi connectivity index (χ4n) is 3.55. The molecule has 94 valence electrons. The van der Waals surface area contributed by atoms with Gasteiger partial charge in [0, 0.05) is 7.85 Å². The second-order valence-corrected chi connectivity index (χ2v) is 9.33. The summed E-state index contributed by atoms with van der Waals surface area (Å²) >= 11 is 5.36. The molecule has 2 aliphatic carbocycles. The van der Waals surface area contributed by atoms with Crippen molar-refractivity contribution in [1.29, 1.82) is 0 Å². The smallest absolute Gasteiger partial charge is 0.0230 e. The first-order chi connectivity index (χ1) is 7.58. The van der Waals surface area contributed by atoms with Crippen molar-refractivity contribution in [3.8, 4) is 0 Å². The van der Waals surface area contributed by atoms with Crippen molar-refractivity contribution in [3.63, 3.8) is 0 Å². The van der Waals surface area contributed by atoms with Crippen molar-refractivity contribution in [2.75, 3.05) is 0 Å². The number of halogens is 2. The predicted molar refractivity (Wildman–Crippen MR) is 88.6 cm³/mol. The molecular formula is C14H24I2. The molecule has 0 heterocycles. The maximum atomic E-state index is 2.70. The van der Waals surface area contributed by atoms with E-state index < -0.39 is 0 Å². The summed E-state index contributed by atoms with van der Waals surface area (Å²) < 4.78 is 1.88. The molecule has 2 aliphatic rings. The van der Waals surface area contributed by atoms with E-state index in [0.717, 1.165) is 31.5 Å². The van der Waals surface area contributed by atoms with Gasteiger partial charge in [-0.25, -0.2) is 0 Å². The van der Waals surface area contributed by atoms with E-state index in [2.05, 4.69) is 59.0 Å². The van der Waals surface area contributed by atoms with Crippen molar-refractivity contribution < 1.29 is 0 Å². The van der Waals surface area contributed by atoms with E-state index in [1.54, 1.807) is 0 Å². The molecule has 0 nitrogen and oxygen atoms in total. The minimum absolute atomic E-state index is 0.937. The molecule has 2 fully saturated rings. The Kier molecular flexibility index (Phi) is 5.27. The summed E-state index contributed by atoms with van der Waals surface area (Å²) in [5, 5.41) is 0. The molecule has 0 aliphatic heterocycles. The molecule has 0 aromatic heterocycles. The van der Waals surface area contributed by atoms with E-state index in [-0.39, 0.29) is 0 Å². The van der Waals surface area contributed by atoms with Gasteiger partial charge in [0.2, 0.25) is 0 Å². The molecule has 0 amide bonds. The lowest BCUT2D eigenvalue weighted by Gasteiger charge is -2.40. The number of hydrogen-bond acceptors (Lipinski definition) is 0. The van der Waals surface area contributed by atoms with Crippen LogP contribution in [0.5, 0.6) is 0 Å². The highest BCUT2D eigenvalue weighted by molar-refractivity contribution is 14.1. The lowest BCUT2D eigenvalue weighted by atomic mass is 9.68. The molecule has 16 heavy (non-hydrogen) atoms. The quantitative estimate of drug-likeness (QED) is 0.371. The van der Waals surface area contributed by atoms with Gasteiger partial charge in [0.25, 0.3) is 0 Å². The Labute approximate surface area is 128 Å². The van der Waals surface area contributed by atoms with E-state index in [4.69, 9.17) is 0 Å². The SMILES string of the molecule is CC1CCC(C2CCC(I)C(I)C2)CC1C. The molecule has 6 atom stereocenters. The fourth-order valence-corrected chi connectivity index (χ4v) is 5.22. The first-order valence-corrected chi connectivity index (χ1v) is 9.35. The summed E-state index contributed by atoms with van der Waals surface area (Å²) in [6, 6.07) is 0. The summed E-state index contributed by atoms with van der Waals surface area (Å²) in [5.41, 5.74) is 0. The van der Waals surface area contributed by atoms with Gasteiger partial charge in [-0.05, 0) is 55.8 Å². The third-order valence-electron chi connectivity index (χ3n) is 5.04. The van der Waals surface area contributed by atoms with E-state index in [1.807, 2.05) is 0 Å². The van der Waals surface area contributed by atoms with Crippen molar-refractivity contribution in [3.05, 3.63) is 0 Å². The highest BCUT2D eigenvalue weighted by atomic mass is 127. The number of hydrogen-bond donors (Lipinski definition) is 0. The molecule has 6 unspecified atom stereocenters. The zero-order chi connectivity index (χ0) is 11.7. The third-order valence-corrected chi connectivity index (χ3v) is 9.28. The van der Waals surface area contributed by atoms with Gasteiger partial charge in [-0.3, -0.25) is 0 Å². The topological polar surface area (TPSA) is 0 Å². The first-order valence-electron chi connectivity index (χ1n) is 6.86. The molecule has 2 heteroatoms. The maximum Gasteiger partial charge on any atom is 0.0230 e. The fraction of sp³-hybridized carbons (Fsp3) is 1.00. The van der Waals surface area contributed by atoms with E-state index in [9.17, 15) is 0 Å². The van der Waals surface area contributed by atoms with Crippen molar-refractivity contribution >= 4 is 45.2 Å². The third kappa shape index (κ3) is 3.27. The molecule has 0 N–H and O–H groups in total. The normalized spacial score (nSPS) is 50.2. The predicted octanol–water partition coefficient (Wildman–Crippen LogP) is 5.47. The maximum absolute atomic E-state index is 2.70. The van der Waals surface area contributed by atoms with E-state index in [1.165, 1.54) is 38.5 Å². The largest absolute Gasteiger partial charge is 0.0815 e. The van der Waals surface area contributed by atoms with Crippen LogP contribution in [0.1, 0.15) is 52.4 Å². The Morgan fingerprint density at radius 1 is 0.688 bits per heavy atom. The van der Waals surface area contributed by atoms with Crippen LogP contribution in [0.15, 0.2) is 0 Å². The Morgan fingerprint density at radius 3 is 1.94 bits per heavy atom. The zero-order valence-corrected chi connectivity index (χ0v) is 14.8. The van der Waals surface area contributed by atoms with Gasteiger partial charge in [0.05, 0.1) is 0 Å². The van der Waals surface area contributed by atoms with Crippen LogP contribution in [-0.4, -0.2) is 7.85 Å². The van der Waals surface area contributed by atoms with Crippen LogP contribution in [-0.2, 0) is 0 Å². The minimum Gasteiger partial charge on any atom is -0.0815 e. The molecule has 0 spiro atoms. The van der Waals surface area contributed by atoms with Crippen molar-refractivity contribution in [2.45, 2.75) is 60.2 Å². The molecule has 0 bridgehead atoms. The minimum atomic E-state index is 0.937. The van der Waals surface area contributed by atoms with E-state index in [0.29, 0.717) is 0 Å². The molecule has 0 radical (unpaired) electrons. The molecule has 0 aromatic carbocycles. The summed E-state index contributed by atoms with van der Waals surface area (Å²) in [7, 11) is 0. The van der Waals surface area contributed by atoms with Crippen LogP contribution >= 0.6 is 45.2 Å². The Hall–Kier alpha value is 1.46. The van der Waals surface area contributed by atoms with Crippen LogP contribution in [0.2, 0.25) is 0 Å². The molecule has 0 saturated heterocycles. The summed E-state index contributed by atoms with van der Waals surface area (Å²) in [5.74, 6) is 4.08. The van der Waals surface area contributed by atoms with Crippen LogP contribution in [0.4, 0.5) is 0 Å². The highest BCUT2D eigenvalue weighted by Gasteiger charge is 2.35. The van der Waals surface area contributed by atoms with Crippen LogP contribution in [0.3, 0.4) is 0 Å². The molecule has 2 rings (SSSR count). The van der Waals surface area contributed by atoms with Crippen molar-refractivity contribution in [1.82, 2.24) is 0 Å². The summed E-state index contributed by atoms with van der Waals surface area (Å²) in [6.45, 7) is 4.92. The summed E-state index contributed by atoms with van der Waals surface area (Å²) in [4.78, 5) is 0. The van der Waals surface area contributed by atoms with Gasteiger partial charge in [-0.2, -0.15) is 0 Å². The standard InChI is InChI=1S/C14H24I2/c1-9-3-4-11(7-10(9)2)12-5-6-13(15)14(16)8-12/h9-14H,3-8H2,1-2H3. The van der Waals surface area contributed by atoms with Gasteiger partial charge in [0.15, 0.2) is 0 Å².